The highest BCUT2D eigenvalue weighted by molar-refractivity contribution is 5.66. The Labute approximate surface area is 744 Å². The highest BCUT2D eigenvalue weighted by Crippen LogP contribution is 2.41. The molecule has 0 aromatic heterocycles. The summed E-state index contributed by atoms with van der Waals surface area (Å²) in [5.74, 6) is 7.52. The second kappa shape index (κ2) is 47.1. The van der Waals surface area contributed by atoms with Crippen LogP contribution in [0.15, 0.2) is 291 Å². The molecule has 0 bridgehead atoms. The topological polar surface area (TPSA) is 376 Å². The number of fused-ring (bicyclic) bond motifs is 6. The average Bonchev–Trinajstić information content (AvgIpc) is 0.820. The minimum Gasteiger partial charge on any atom is -0.490 e. The first-order valence-electron chi connectivity index (χ1n) is 42.1. The molecular weight excluding hydrogens is 1630 g/mol. The van der Waals surface area contributed by atoms with Crippen molar-refractivity contribution in [1.82, 2.24) is 0 Å². The SMILES string of the molecule is CC(O)Nc1ccccc1OCC(COc1ccccc1NCO)(COc1ccccc1NCO)COc1ccccc1NCO.CC(O)Nc1ccccc1OCC1(COc2ccccc2NCO)COc2ccccc2NCNc2ccccc2OC1.c1ccc2c(c1)NCNc1ccccc1OCC1(CO2)COc2ccccc2NCNc2ccccc2OC1. The lowest BCUT2D eigenvalue weighted by atomic mass is 9.91. The number of para-hydroxylation sites is 24. The van der Waals surface area contributed by atoms with Gasteiger partial charge in [-0.15, -0.1) is 0 Å². The van der Waals surface area contributed by atoms with E-state index in [4.69, 9.17) is 56.8 Å². The van der Waals surface area contributed by atoms with Crippen molar-refractivity contribution in [3.63, 3.8) is 0 Å². The molecule has 3 aliphatic rings. The Morgan fingerprint density at radius 1 is 0.281 bits per heavy atom. The fourth-order valence-corrected chi connectivity index (χ4v) is 13.8. The van der Waals surface area contributed by atoms with Crippen molar-refractivity contribution in [1.29, 1.82) is 0 Å². The van der Waals surface area contributed by atoms with E-state index < -0.39 is 28.7 Å². The molecule has 0 saturated carbocycles. The molecule has 0 aliphatic carbocycles. The molecule has 12 aromatic rings. The van der Waals surface area contributed by atoms with Crippen molar-refractivity contribution >= 4 is 68.2 Å². The fourth-order valence-electron chi connectivity index (χ4n) is 13.8. The van der Waals surface area contributed by atoms with Gasteiger partial charge in [0.05, 0.1) is 88.3 Å². The van der Waals surface area contributed by atoms with Crippen molar-refractivity contribution in [2.45, 2.75) is 26.3 Å². The van der Waals surface area contributed by atoms with Crippen molar-refractivity contribution in [2.24, 2.45) is 16.2 Å². The van der Waals surface area contributed by atoms with Gasteiger partial charge in [-0.3, -0.25) is 0 Å². The zero-order valence-electron chi connectivity index (χ0n) is 71.4. The summed E-state index contributed by atoms with van der Waals surface area (Å²) in [7, 11) is 0. The summed E-state index contributed by atoms with van der Waals surface area (Å²) < 4.78 is 77.3. The number of aliphatic hydroxyl groups excluding tert-OH is 6. The molecule has 128 heavy (non-hydrogen) atoms. The molecule has 0 radical (unpaired) electrons. The number of nitrogens with one attached hydrogen (secondary N) is 12. The van der Waals surface area contributed by atoms with E-state index in [2.05, 4.69) is 63.8 Å². The maximum Gasteiger partial charge on any atom is 0.142 e. The number of anilines is 12. The molecular formula is C98H112N12O18. The van der Waals surface area contributed by atoms with Gasteiger partial charge in [0.25, 0.3) is 0 Å². The van der Waals surface area contributed by atoms with Gasteiger partial charge in [0.1, 0.15) is 204 Å². The molecule has 30 heteroatoms. The van der Waals surface area contributed by atoms with E-state index >= 15 is 0 Å². The highest BCUT2D eigenvalue weighted by Gasteiger charge is 2.40. The van der Waals surface area contributed by atoms with Crippen LogP contribution in [-0.4, -0.2) is 169 Å². The molecule has 0 amide bonds. The van der Waals surface area contributed by atoms with Gasteiger partial charge in [-0.2, -0.15) is 0 Å². The Morgan fingerprint density at radius 3 is 0.734 bits per heavy atom. The molecule has 15 rings (SSSR count). The number of aliphatic hydroxyl groups is 6. The lowest BCUT2D eigenvalue weighted by molar-refractivity contribution is -0.00306. The molecule has 2 atom stereocenters. The summed E-state index contributed by atoms with van der Waals surface area (Å²) in [6, 6.07) is 91.1. The summed E-state index contributed by atoms with van der Waals surface area (Å²) >= 11 is 0. The third-order valence-electron chi connectivity index (χ3n) is 20.5. The van der Waals surface area contributed by atoms with Crippen LogP contribution in [0, 0.1) is 16.2 Å². The first-order valence-corrected chi connectivity index (χ1v) is 42.1. The van der Waals surface area contributed by atoms with Crippen LogP contribution in [0.3, 0.4) is 0 Å². The monoisotopic (exact) mass is 1740 g/mol. The normalized spacial score (nSPS) is 14.2. The molecule has 672 valence electrons. The smallest absolute Gasteiger partial charge is 0.142 e. The lowest BCUT2D eigenvalue weighted by Crippen LogP contribution is -2.45. The van der Waals surface area contributed by atoms with E-state index in [9.17, 15) is 30.6 Å². The zero-order chi connectivity index (χ0) is 88.9. The van der Waals surface area contributed by atoms with Crippen molar-refractivity contribution < 1.29 is 87.5 Å². The van der Waals surface area contributed by atoms with Gasteiger partial charge in [-0.05, 0) is 159 Å². The Balaban J connectivity index is 0.000000164. The molecule has 1 spiro atoms. The summed E-state index contributed by atoms with van der Waals surface area (Å²) in [4.78, 5) is 0. The molecule has 12 aromatic carbocycles. The largest absolute Gasteiger partial charge is 0.490 e. The number of ether oxygens (including phenoxy) is 12. The van der Waals surface area contributed by atoms with Gasteiger partial charge in [0, 0.05) is 0 Å². The van der Waals surface area contributed by atoms with E-state index in [-0.39, 0.29) is 79.8 Å². The number of hydrogen-bond donors (Lipinski definition) is 18. The minimum absolute atomic E-state index is 0.0479. The molecule has 30 nitrogen and oxygen atoms in total. The van der Waals surface area contributed by atoms with E-state index in [0.29, 0.717) is 127 Å². The van der Waals surface area contributed by atoms with Crippen LogP contribution in [0.5, 0.6) is 69.0 Å². The first-order chi connectivity index (χ1) is 62.8. The van der Waals surface area contributed by atoms with E-state index in [0.717, 1.165) is 57.1 Å². The van der Waals surface area contributed by atoms with Crippen LogP contribution in [0.25, 0.3) is 0 Å². The van der Waals surface area contributed by atoms with Crippen LogP contribution >= 0.6 is 0 Å². The van der Waals surface area contributed by atoms with Crippen molar-refractivity contribution in [2.75, 3.05) is 190 Å². The van der Waals surface area contributed by atoms with Crippen LogP contribution in [0.2, 0.25) is 0 Å². The number of benzene rings is 12. The van der Waals surface area contributed by atoms with Gasteiger partial charge in [-0.25, -0.2) is 0 Å². The number of rotatable bonds is 30. The lowest BCUT2D eigenvalue weighted by Gasteiger charge is -2.34. The zero-order valence-corrected chi connectivity index (χ0v) is 71.4. The van der Waals surface area contributed by atoms with E-state index in [1.807, 2.05) is 243 Å². The Kier molecular flexibility index (Phi) is 33.6. The van der Waals surface area contributed by atoms with Gasteiger partial charge in [-0.1, -0.05) is 146 Å². The summed E-state index contributed by atoms with van der Waals surface area (Å²) in [6.07, 6.45) is -1.58. The van der Waals surface area contributed by atoms with Crippen molar-refractivity contribution in [3.05, 3.63) is 291 Å². The van der Waals surface area contributed by atoms with Gasteiger partial charge >= 0.3 is 0 Å². The fraction of sp³-hybridized carbons (Fsp3) is 0.265. The quantitative estimate of drug-likeness (QED) is 0.0186. The maximum atomic E-state index is 10.0. The second-order valence-corrected chi connectivity index (χ2v) is 30.5. The molecule has 2 unspecified atom stereocenters. The van der Waals surface area contributed by atoms with Crippen LogP contribution in [-0.2, 0) is 0 Å². The predicted molar refractivity (Wildman–Crippen MR) is 500 cm³/mol. The summed E-state index contributed by atoms with van der Waals surface area (Å²) in [5.41, 5.74) is 6.52. The van der Waals surface area contributed by atoms with Gasteiger partial charge in [0.2, 0.25) is 0 Å². The first kappa shape index (κ1) is 91.3. The second-order valence-electron chi connectivity index (χ2n) is 30.5. The molecule has 0 fully saturated rings. The van der Waals surface area contributed by atoms with Crippen LogP contribution in [0.4, 0.5) is 68.2 Å². The van der Waals surface area contributed by atoms with E-state index in [1.54, 1.807) is 62.4 Å². The molecule has 18 N–H and O–H groups in total. The molecule has 3 heterocycles. The Bertz CT molecular complexity index is 5010. The average molecular weight is 1750 g/mol. The number of hydrogen-bond acceptors (Lipinski definition) is 30. The third-order valence-corrected chi connectivity index (χ3v) is 20.5. The Hall–Kier alpha value is -14.4. The van der Waals surface area contributed by atoms with Crippen LogP contribution in [0.1, 0.15) is 13.8 Å². The highest BCUT2D eigenvalue weighted by atomic mass is 16.5. The molecule has 0 saturated heterocycles. The standard InChI is InChI=1S/C34H42N4O8.C33H38N4O6.C31H32N4O4/c1-25(42)38-29-13-5-9-17-33(29)46-21-34(18-43-30-14-6-2-10-26(30)35-22-39,19-44-31-15-7-3-11-27(31)36-23-40)20-45-32-16-8-4-12-28(32)37-24-41;1-24(39)37-28-13-5-9-17-32(28)43-21-33(20-42-31-16-8-4-12-27(31)36-23-38)18-40-29-14-6-2-10-25(29)34-22-35-26-11-3-7-15-30(26)41-19-33;1-5-13-27-23(9-1)32-21-33-24-10-2-6-14-28(24)37-18-31(17-36-27)19-38-29-15-7-3-11-25(29)34-22-35-26-12-4-8-16-30(26)39-20-31/h2-17,25,35-42H,18-24H2,1H3;2-17,24,34-39H,18-23H2,1H3;1-16,32-35H,17-22H2. The van der Waals surface area contributed by atoms with Gasteiger partial charge in [0.15, 0.2) is 0 Å². The minimum atomic E-state index is -0.983. The van der Waals surface area contributed by atoms with Crippen LogP contribution < -0.4 is 121 Å². The summed E-state index contributed by atoms with van der Waals surface area (Å²) in [5, 5.41) is 96.2. The third kappa shape index (κ3) is 26.4. The Morgan fingerprint density at radius 2 is 0.484 bits per heavy atom. The van der Waals surface area contributed by atoms with E-state index in [1.165, 1.54) is 0 Å². The van der Waals surface area contributed by atoms with Gasteiger partial charge < -0.3 is 151 Å². The summed E-state index contributed by atoms with van der Waals surface area (Å²) in [6.45, 7) is 5.86. The predicted octanol–water partition coefficient (Wildman–Crippen LogP) is 15.2. The van der Waals surface area contributed by atoms with Crippen molar-refractivity contribution in [3.8, 4) is 69.0 Å². The molecule has 3 aliphatic heterocycles. The maximum absolute atomic E-state index is 10.0.